The average molecular weight is 277 g/mol. The van der Waals surface area contributed by atoms with E-state index >= 15 is 0 Å². The van der Waals surface area contributed by atoms with Crippen molar-refractivity contribution in [2.45, 2.75) is 32.2 Å². The van der Waals surface area contributed by atoms with Crippen LogP contribution >= 0.6 is 0 Å². The number of carbonyl (C=O) groups excluding carboxylic acids is 1. The number of carbonyl (C=O) groups is 1. The molecule has 0 saturated carbocycles. The second-order valence-electron chi connectivity index (χ2n) is 5.58. The fraction of sp³-hybridized carbons (Fsp3) is 0.533. The molecule has 1 saturated heterocycles. The van der Waals surface area contributed by atoms with Crippen LogP contribution in [0, 0.1) is 0 Å². The van der Waals surface area contributed by atoms with Gasteiger partial charge in [0.1, 0.15) is 11.9 Å². The SMILES string of the molecule is CC1(C)OCC(CNC(=O)c2ccc3c(c2)CCO3)O1. The van der Waals surface area contributed by atoms with Crippen LogP contribution in [-0.2, 0) is 15.9 Å². The van der Waals surface area contributed by atoms with E-state index in [1.165, 1.54) is 0 Å². The number of amides is 1. The fourth-order valence-electron chi connectivity index (χ4n) is 2.50. The first kappa shape index (κ1) is 13.4. The summed E-state index contributed by atoms with van der Waals surface area (Å²) in [4.78, 5) is 12.1. The van der Waals surface area contributed by atoms with Crippen LogP contribution in [0.25, 0.3) is 0 Å². The van der Waals surface area contributed by atoms with Gasteiger partial charge in [0.15, 0.2) is 5.79 Å². The summed E-state index contributed by atoms with van der Waals surface area (Å²) in [5.74, 6) is 0.240. The maximum Gasteiger partial charge on any atom is 0.251 e. The van der Waals surface area contributed by atoms with Crippen molar-refractivity contribution in [2.24, 2.45) is 0 Å². The molecular weight excluding hydrogens is 258 g/mol. The number of nitrogens with one attached hydrogen (secondary N) is 1. The quantitative estimate of drug-likeness (QED) is 0.909. The molecule has 0 aliphatic carbocycles. The van der Waals surface area contributed by atoms with Crippen molar-refractivity contribution < 1.29 is 19.0 Å². The fourth-order valence-corrected chi connectivity index (χ4v) is 2.50. The number of hydrogen-bond donors (Lipinski definition) is 1. The highest BCUT2D eigenvalue weighted by molar-refractivity contribution is 5.94. The third-order valence-electron chi connectivity index (χ3n) is 3.51. The Morgan fingerprint density at radius 3 is 3.05 bits per heavy atom. The molecule has 0 radical (unpaired) electrons. The zero-order chi connectivity index (χ0) is 14.2. The lowest BCUT2D eigenvalue weighted by atomic mass is 10.1. The first-order valence-corrected chi connectivity index (χ1v) is 6.89. The van der Waals surface area contributed by atoms with Crippen LogP contribution in [0.4, 0.5) is 0 Å². The van der Waals surface area contributed by atoms with Gasteiger partial charge in [0.25, 0.3) is 5.91 Å². The number of hydrogen-bond acceptors (Lipinski definition) is 4. The lowest BCUT2D eigenvalue weighted by Gasteiger charge is -2.17. The van der Waals surface area contributed by atoms with Gasteiger partial charge in [0, 0.05) is 18.5 Å². The van der Waals surface area contributed by atoms with Crippen molar-refractivity contribution >= 4 is 5.91 Å². The molecule has 5 heteroatoms. The lowest BCUT2D eigenvalue weighted by molar-refractivity contribution is -0.137. The minimum Gasteiger partial charge on any atom is -0.493 e. The van der Waals surface area contributed by atoms with Crippen molar-refractivity contribution in [1.82, 2.24) is 5.32 Å². The van der Waals surface area contributed by atoms with Crippen LogP contribution in [0.3, 0.4) is 0 Å². The summed E-state index contributed by atoms with van der Waals surface area (Å²) in [5.41, 5.74) is 1.76. The molecule has 1 atom stereocenters. The van der Waals surface area contributed by atoms with Crippen LogP contribution in [0.2, 0.25) is 0 Å². The zero-order valence-corrected chi connectivity index (χ0v) is 11.8. The van der Waals surface area contributed by atoms with Gasteiger partial charge in [-0.25, -0.2) is 0 Å². The highest BCUT2D eigenvalue weighted by atomic mass is 16.7. The van der Waals surface area contributed by atoms with E-state index in [1.807, 2.05) is 26.0 Å². The third-order valence-corrected chi connectivity index (χ3v) is 3.51. The van der Waals surface area contributed by atoms with E-state index in [-0.39, 0.29) is 12.0 Å². The summed E-state index contributed by atoms with van der Waals surface area (Å²) in [6.45, 7) is 5.40. The Kier molecular flexibility index (Phi) is 3.40. The summed E-state index contributed by atoms with van der Waals surface area (Å²) >= 11 is 0. The Balaban J connectivity index is 1.57. The molecule has 2 heterocycles. The monoisotopic (exact) mass is 277 g/mol. The highest BCUT2D eigenvalue weighted by Gasteiger charge is 2.32. The molecule has 1 aromatic rings. The van der Waals surface area contributed by atoms with E-state index in [9.17, 15) is 4.79 Å². The Morgan fingerprint density at radius 1 is 1.45 bits per heavy atom. The van der Waals surface area contributed by atoms with Crippen molar-refractivity contribution in [3.8, 4) is 5.75 Å². The smallest absolute Gasteiger partial charge is 0.251 e. The Morgan fingerprint density at radius 2 is 2.30 bits per heavy atom. The third kappa shape index (κ3) is 2.78. The van der Waals surface area contributed by atoms with Gasteiger partial charge >= 0.3 is 0 Å². The Labute approximate surface area is 118 Å². The summed E-state index contributed by atoms with van der Waals surface area (Å²) in [6.07, 6.45) is 0.774. The molecule has 5 nitrogen and oxygen atoms in total. The molecular formula is C15H19NO4. The summed E-state index contributed by atoms with van der Waals surface area (Å²) in [7, 11) is 0. The predicted molar refractivity (Wildman–Crippen MR) is 72.9 cm³/mol. The van der Waals surface area contributed by atoms with Crippen LogP contribution in [0.15, 0.2) is 18.2 Å². The molecule has 1 aromatic carbocycles. The molecule has 2 aliphatic heterocycles. The Hall–Kier alpha value is -1.59. The van der Waals surface area contributed by atoms with E-state index < -0.39 is 5.79 Å². The van der Waals surface area contributed by atoms with Crippen LogP contribution in [0.5, 0.6) is 5.75 Å². The average Bonchev–Trinajstić information content (AvgIpc) is 3.01. The first-order chi connectivity index (χ1) is 9.53. The summed E-state index contributed by atoms with van der Waals surface area (Å²) < 4.78 is 16.5. The normalized spacial score (nSPS) is 23.2. The van der Waals surface area contributed by atoms with Gasteiger partial charge in [-0.2, -0.15) is 0 Å². The van der Waals surface area contributed by atoms with E-state index in [4.69, 9.17) is 14.2 Å². The van der Waals surface area contributed by atoms with Gasteiger partial charge in [-0.15, -0.1) is 0 Å². The van der Waals surface area contributed by atoms with Gasteiger partial charge in [0.2, 0.25) is 0 Å². The molecule has 1 fully saturated rings. The van der Waals surface area contributed by atoms with Gasteiger partial charge < -0.3 is 19.5 Å². The van der Waals surface area contributed by atoms with Crippen molar-refractivity contribution in [3.63, 3.8) is 0 Å². The molecule has 0 spiro atoms. The van der Waals surface area contributed by atoms with E-state index in [0.29, 0.717) is 25.3 Å². The maximum absolute atomic E-state index is 12.1. The number of benzene rings is 1. The molecule has 1 amide bonds. The topological polar surface area (TPSA) is 56.8 Å². The molecule has 1 unspecified atom stereocenters. The molecule has 1 N–H and O–H groups in total. The maximum atomic E-state index is 12.1. The van der Waals surface area contributed by atoms with Crippen LogP contribution < -0.4 is 10.1 Å². The van der Waals surface area contributed by atoms with E-state index in [0.717, 1.165) is 17.7 Å². The molecule has 2 aliphatic rings. The zero-order valence-electron chi connectivity index (χ0n) is 11.8. The second-order valence-corrected chi connectivity index (χ2v) is 5.58. The van der Waals surface area contributed by atoms with Gasteiger partial charge in [-0.05, 0) is 37.6 Å². The van der Waals surface area contributed by atoms with Crippen molar-refractivity contribution in [2.75, 3.05) is 19.8 Å². The summed E-state index contributed by atoms with van der Waals surface area (Å²) in [5, 5.41) is 2.89. The predicted octanol–water partition coefficient (Wildman–Crippen LogP) is 1.50. The van der Waals surface area contributed by atoms with E-state index in [1.54, 1.807) is 6.07 Å². The van der Waals surface area contributed by atoms with E-state index in [2.05, 4.69) is 5.32 Å². The van der Waals surface area contributed by atoms with Crippen LogP contribution in [0.1, 0.15) is 29.8 Å². The molecule has 20 heavy (non-hydrogen) atoms. The molecule has 0 aromatic heterocycles. The van der Waals surface area contributed by atoms with Gasteiger partial charge in [0.05, 0.1) is 13.2 Å². The standard InChI is InChI=1S/C15H19NO4/c1-15(2)19-9-12(20-15)8-16-14(17)11-3-4-13-10(7-11)5-6-18-13/h3-4,7,12H,5-6,8-9H2,1-2H3,(H,16,17). The minimum absolute atomic E-state index is 0.0898. The van der Waals surface area contributed by atoms with Crippen LogP contribution in [-0.4, -0.2) is 37.6 Å². The largest absolute Gasteiger partial charge is 0.493 e. The summed E-state index contributed by atoms with van der Waals surface area (Å²) in [6, 6.07) is 5.54. The second kappa shape index (κ2) is 5.07. The highest BCUT2D eigenvalue weighted by Crippen LogP contribution is 2.26. The first-order valence-electron chi connectivity index (χ1n) is 6.89. The molecule has 108 valence electrons. The van der Waals surface area contributed by atoms with Gasteiger partial charge in [-0.3, -0.25) is 4.79 Å². The number of ether oxygens (including phenoxy) is 3. The number of rotatable bonds is 3. The Bertz CT molecular complexity index is 527. The number of fused-ring (bicyclic) bond motifs is 1. The van der Waals surface area contributed by atoms with Gasteiger partial charge in [-0.1, -0.05) is 0 Å². The van der Waals surface area contributed by atoms with Crippen molar-refractivity contribution in [1.29, 1.82) is 0 Å². The molecule has 3 rings (SSSR count). The minimum atomic E-state index is -0.555. The van der Waals surface area contributed by atoms with Crippen molar-refractivity contribution in [3.05, 3.63) is 29.3 Å². The lowest BCUT2D eigenvalue weighted by Crippen LogP contribution is -2.34. The molecule has 0 bridgehead atoms.